The van der Waals surface area contributed by atoms with Gasteiger partial charge in [0.15, 0.2) is 17.6 Å². The van der Waals surface area contributed by atoms with E-state index in [1.54, 1.807) is 43.3 Å². The van der Waals surface area contributed by atoms with Crippen molar-refractivity contribution in [2.75, 3.05) is 7.11 Å². The lowest BCUT2D eigenvalue weighted by Crippen LogP contribution is -2.49. The zero-order chi connectivity index (χ0) is 31.7. The van der Waals surface area contributed by atoms with Gasteiger partial charge in [-0.05, 0) is 89.9 Å². The molecule has 0 heterocycles. The van der Waals surface area contributed by atoms with Crippen molar-refractivity contribution in [3.8, 4) is 17.2 Å². The molecule has 0 bridgehead atoms. The number of hydrogen-bond donors (Lipinski definition) is 2. The quantitative estimate of drug-likeness (QED) is 0.104. The molecule has 3 aromatic carbocycles. The van der Waals surface area contributed by atoms with Crippen LogP contribution in [0.4, 0.5) is 0 Å². The molecule has 0 saturated heterocycles. The third-order valence-corrected chi connectivity index (χ3v) is 7.85. The normalized spacial score (nSPS) is 12.6. The largest absolute Gasteiger partial charge is 0.493 e. The molecule has 2 atom stereocenters. The summed E-state index contributed by atoms with van der Waals surface area (Å²) in [7, 11) is 1.53. The fraction of sp³-hybridized carbons (Fsp3) is 0.300. The van der Waals surface area contributed by atoms with E-state index in [4.69, 9.17) is 60.6 Å². The highest BCUT2D eigenvalue weighted by atomic mass is 127. The smallest absolute Gasteiger partial charge is 0.262 e. The highest BCUT2D eigenvalue weighted by molar-refractivity contribution is 14.1. The molecule has 0 saturated carbocycles. The molecule has 8 nitrogen and oxygen atoms in total. The minimum atomic E-state index is -0.921. The molecule has 0 aliphatic carbocycles. The molecule has 0 aliphatic heterocycles. The van der Waals surface area contributed by atoms with E-state index in [1.165, 1.54) is 19.4 Å². The first-order chi connectivity index (χ1) is 20.4. The number of benzene rings is 3. The minimum Gasteiger partial charge on any atom is -0.493 e. The monoisotopic (exact) mass is 779 g/mol. The minimum absolute atomic E-state index is 0.114. The fourth-order valence-corrected chi connectivity index (χ4v) is 5.50. The van der Waals surface area contributed by atoms with E-state index in [2.05, 4.69) is 38.4 Å². The first kappa shape index (κ1) is 35.0. The number of carbonyl (C=O) groups excluding carboxylic acids is 2. The SMILES string of the molecule is COc1cc(/C=N\NC(=O)[C@@H](CC(C)C)NC(=O)[C@H](C)Oc2ccc(Cl)cc2Cl)cc(I)c1OCc1ccc(Cl)cc1Cl. The van der Waals surface area contributed by atoms with Gasteiger partial charge in [-0.1, -0.05) is 66.3 Å². The number of amides is 2. The summed E-state index contributed by atoms with van der Waals surface area (Å²) in [6.07, 6.45) is 0.942. The van der Waals surface area contributed by atoms with Crippen molar-refractivity contribution >= 4 is 87.0 Å². The Bertz CT molecular complexity index is 1490. The van der Waals surface area contributed by atoms with Crippen molar-refractivity contribution in [2.45, 2.75) is 45.9 Å². The number of hydrazone groups is 1. The molecule has 13 heteroatoms. The Morgan fingerprint density at radius 1 is 0.930 bits per heavy atom. The molecule has 0 spiro atoms. The lowest BCUT2D eigenvalue weighted by molar-refractivity contribution is -0.132. The van der Waals surface area contributed by atoms with Crippen LogP contribution in [0.3, 0.4) is 0 Å². The molecule has 0 aromatic heterocycles. The Labute approximate surface area is 284 Å². The van der Waals surface area contributed by atoms with Gasteiger partial charge in [0, 0.05) is 20.6 Å². The van der Waals surface area contributed by atoms with Crippen molar-refractivity contribution < 1.29 is 23.8 Å². The molecule has 0 unspecified atom stereocenters. The van der Waals surface area contributed by atoms with E-state index in [1.807, 2.05) is 19.9 Å². The first-order valence-electron chi connectivity index (χ1n) is 13.1. The second-order valence-corrected chi connectivity index (χ2v) is 12.7. The van der Waals surface area contributed by atoms with Crippen LogP contribution < -0.4 is 25.0 Å². The van der Waals surface area contributed by atoms with Gasteiger partial charge in [-0.3, -0.25) is 9.59 Å². The van der Waals surface area contributed by atoms with Gasteiger partial charge in [-0.2, -0.15) is 5.10 Å². The third kappa shape index (κ3) is 10.6. The van der Waals surface area contributed by atoms with Gasteiger partial charge in [0.05, 0.1) is 21.9 Å². The maximum absolute atomic E-state index is 13.0. The molecule has 0 radical (unpaired) electrons. The van der Waals surface area contributed by atoms with Crippen molar-refractivity contribution in [1.29, 1.82) is 0 Å². The topological polar surface area (TPSA) is 98.2 Å². The fourth-order valence-electron chi connectivity index (χ4n) is 3.80. The standard InChI is InChI=1S/C30H30Cl4IN3O5/c1-16(2)9-25(37-29(39)17(3)43-26-8-7-21(32)13-23(26)34)30(40)38-36-14-18-10-24(35)28(27(11-18)41-4)42-15-19-5-6-20(31)12-22(19)33/h5-8,10-14,16-17,25H,9,15H2,1-4H3,(H,37,39)(H,38,40)/b36-14-/t17-,25+/m0/s1. The predicted molar refractivity (Wildman–Crippen MR) is 180 cm³/mol. The van der Waals surface area contributed by atoms with E-state index >= 15 is 0 Å². The molecule has 2 amide bonds. The van der Waals surface area contributed by atoms with Crippen LogP contribution in [0.15, 0.2) is 53.6 Å². The Morgan fingerprint density at radius 3 is 2.23 bits per heavy atom. The zero-order valence-corrected chi connectivity index (χ0v) is 28.9. The first-order valence-corrected chi connectivity index (χ1v) is 15.7. The number of carbonyl (C=O) groups is 2. The maximum Gasteiger partial charge on any atom is 0.262 e. The maximum atomic E-state index is 13.0. The summed E-state index contributed by atoms with van der Waals surface area (Å²) in [6, 6.07) is 12.6. The van der Waals surface area contributed by atoms with Crippen molar-refractivity contribution in [1.82, 2.24) is 10.7 Å². The van der Waals surface area contributed by atoms with Crippen molar-refractivity contribution in [3.63, 3.8) is 0 Å². The summed E-state index contributed by atoms with van der Waals surface area (Å²) in [5, 5.41) is 8.60. The molecular weight excluding hydrogens is 751 g/mol. The van der Waals surface area contributed by atoms with E-state index in [-0.39, 0.29) is 17.5 Å². The summed E-state index contributed by atoms with van der Waals surface area (Å²) in [5.41, 5.74) is 3.94. The number of ether oxygens (including phenoxy) is 3. The van der Waals surface area contributed by atoms with Crippen molar-refractivity contribution in [3.05, 3.63) is 83.3 Å². The number of halogens is 5. The van der Waals surface area contributed by atoms with E-state index in [0.717, 1.165) is 9.13 Å². The van der Waals surface area contributed by atoms with Gasteiger partial charge >= 0.3 is 0 Å². The number of nitrogens with zero attached hydrogens (tertiary/aromatic N) is 1. The molecule has 230 valence electrons. The van der Waals surface area contributed by atoms with Gasteiger partial charge in [-0.15, -0.1) is 0 Å². The van der Waals surface area contributed by atoms with E-state index in [0.29, 0.717) is 44.3 Å². The second kappa shape index (κ2) is 16.6. The highest BCUT2D eigenvalue weighted by Crippen LogP contribution is 2.35. The number of methoxy groups -OCH3 is 1. The van der Waals surface area contributed by atoms with Gasteiger partial charge in [0.1, 0.15) is 18.4 Å². The molecule has 0 fully saturated rings. The molecule has 43 heavy (non-hydrogen) atoms. The molecular formula is C30H30Cl4IN3O5. The average molecular weight is 781 g/mol. The number of rotatable bonds is 13. The summed E-state index contributed by atoms with van der Waals surface area (Å²) >= 11 is 26.5. The summed E-state index contributed by atoms with van der Waals surface area (Å²) < 4.78 is 18.0. The van der Waals surface area contributed by atoms with Crippen LogP contribution in [-0.4, -0.2) is 37.3 Å². The lowest BCUT2D eigenvalue weighted by Gasteiger charge is -2.22. The summed E-state index contributed by atoms with van der Waals surface area (Å²) in [5.74, 6) is 0.472. The Kier molecular flexibility index (Phi) is 13.5. The van der Waals surface area contributed by atoms with Gasteiger partial charge in [0.25, 0.3) is 11.8 Å². The van der Waals surface area contributed by atoms with Gasteiger partial charge < -0.3 is 19.5 Å². The van der Waals surface area contributed by atoms with E-state index < -0.39 is 24.0 Å². The third-order valence-electron chi connectivity index (χ3n) is 5.93. The van der Waals surface area contributed by atoms with E-state index in [9.17, 15) is 9.59 Å². The summed E-state index contributed by atoms with van der Waals surface area (Å²) in [6.45, 7) is 5.67. The summed E-state index contributed by atoms with van der Waals surface area (Å²) in [4.78, 5) is 25.9. The lowest BCUT2D eigenvalue weighted by atomic mass is 10.0. The van der Waals surface area contributed by atoms with Crippen LogP contribution in [0.25, 0.3) is 0 Å². The van der Waals surface area contributed by atoms with Crippen LogP contribution in [0, 0.1) is 9.49 Å². The number of hydrogen-bond acceptors (Lipinski definition) is 6. The van der Waals surface area contributed by atoms with Crippen molar-refractivity contribution in [2.24, 2.45) is 11.0 Å². The average Bonchev–Trinajstić information content (AvgIpc) is 2.93. The van der Waals surface area contributed by atoms with Gasteiger partial charge in [-0.25, -0.2) is 5.43 Å². The second-order valence-electron chi connectivity index (χ2n) is 9.82. The highest BCUT2D eigenvalue weighted by Gasteiger charge is 2.25. The molecule has 0 aliphatic rings. The van der Waals surface area contributed by atoms with Crippen LogP contribution in [-0.2, 0) is 16.2 Å². The Morgan fingerprint density at radius 2 is 1.60 bits per heavy atom. The van der Waals surface area contributed by atoms with Crippen LogP contribution in [0.5, 0.6) is 17.2 Å². The van der Waals surface area contributed by atoms with Gasteiger partial charge in [0.2, 0.25) is 0 Å². The zero-order valence-electron chi connectivity index (χ0n) is 23.7. The van der Waals surface area contributed by atoms with Crippen LogP contribution in [0.1, 0.15) is 38.3 Å². The Hall–Kier alpha value is -2.44. The molecule has 2 N–H and O–H groups in total. The molecule has 3 aromatic rings. The molecule has 3 rings (SSSR count). The Balaban J connectivity index is 1.65. The van der Waals surface area contributed by atoms with Crippen LogP contribution >= 0.6 is 69.0 Å². The van der Waals surface area contributed by atoms with Crippen LogP contribution in [0.2, 0.25) is 20.1 Å². The predicted octanol–water partition coefficient (Wildman–Crippen LogP) is 7.94. The number of nitrogens with one attached hydrogen (secondary N) is 2.